The molecule has 1 rings (SSSR count). The number of carboxylic acid groups (broad SMARTS) is 1. The van der Waals surface area contributed by atoms with Crippen LogP contribution < -0.4 is 10.6 Å². The van der Waals surface area contributed by atoms with Crippen LogP contribution >= 0.6 is 0 Å². The number of carboxylic acids is 1. The van der Waals surface area contributed by atoms with Gasteiger partial charge in [0.1, 0.15) is 6.04 Å². The van der Waals surface area contributed by atoms with Crippen molar-refractivity contribution in [3.8, 4) is 0 Å². The fraction of sp³-hybridized carbons (Fsp3) is 0.636. The van der Waals surface area contributed by atoms with Gasteiger partial charge in [0.2, 0.25) is 17.7 Å². The van der Waals surface area contributed by atoms with E-state index in [-0.39, 0.29) is 43.4 Å². The Hall–Kier alpha value is -1.92. The summed E-state index contributed by atoms with van der Waals surface area (Å²) >= 11 is 0. The van der Waals surface area contributed by atoms with E-state index in [1.54, 1.807) is 6.92 Å². The fourth-order valence-electron chi connectivity index (χ4n) is 1.77. The number of piperidine rings is 1. The van der Waals surface area contributed by atoms with Crippen molar-refractivity contribution in [3.05, 3.63) is 0 Å². The quantitative estimate of drug-likeness (QED) is 0.569. The molecule has 0 bridgehead atoms. The normalized spacial score (nSPS) is 21.1. The monoisotopic (exact) mass is 256 g/mol. The molecule has 3 N–H and O–H groups in total. The molecule has 0 aromatic heterocycles. The first-order valence-corrected chi connectivity index (χ1v) is 5.73. The molecule has 1 fully saturated rings. The molecule has 2 atom stereocenters. The molecule has 3 amide bonds. The van der Waals surface area contributed by atoms with E-state index in [1.165, 1.54) is 0 Å². The van der Waals surface area contributed by atoms with Gasteiger partial charge >= 0.3 is 5.97 Å². The van der Waals surface area contributed by atoms with Crippen LogP contribution in [0.3, 0.4) is 0 Å². The van der Waals surface area contributed by atoms with Crippen LogP contribution in [-0.2, 0) is 19.2 Å². The summed E-state index contributed by atoms with van der Waals surface area (Å²) in [5.41, 5.74) is 0. The second kappa shape index (κ2) is 6.13. The second-order valence-electron chi connectivity index (χ2n) is 4.48. The van der Waals surface area contributed by atoms with Crippen molar-refractivity contribution in [2.24, 2.45) is 5.92 Å². The third kappa shape index (κ3) is 4.52. The van der Waals surface area contributed by atoms with Crippen molar-refractivity contribution in [2.45, 2.75) is 38.6 Å². The highest BCUT2D eigenvalue weighted by atomic mass is 16.4. The van der Waals surface area contributed by atoms with Crippen molar-refractivity contribution in [3.63, 3.8) is 0 Å². The van der Waals surface area contributed by atoms with Crippen molar-refractivity contribution >= 4 is 23.7 Å². The molecule has 2 unspecified atom stereocenters. The fourth-order valence-corrected chi connectivity index (χ4v) is 1.77. The average molecular weight is 256 g/mol. The van der Waals surface area contributed by atoms with E-state index in [1.807, 2.05) is 0 Å². The maximum atomic E-state index is 11.6. The lowest BCUT2D eigenvalue weighted by Gasteiger charge is -2.22. The first-order valence-electron chi connectivity index (χ1n) is 5.73. The number of imide groups is 1. The summed E-state index contributed by atoms with van der Waals surface area (Å²) in [6, 6.07) is -0.702. The van der Waals surface area contributed by atoms with Gasteiger partial charge < -0.3 is 10.4 Å². The van der Waals surface area contributed by atoms with Crippen molar-refractivity contribution < 1.29 is 24.3 Å². The van der Waals surface area contributed by atoms with Gasteiger partial charge in [0.25, 0.3) is 0 Å². The standard InChI is InChI=1S/C11H16N2O5/c1-6(5-10(16)17)4-9(15)12-7-2-3-8(14)13-11(7)18/h6-7H,2-5H2,1H3,(H,12,15)(H,16,17)(H,13,14,18). The molecule has 7 heteroatoms. The Morgan fingerprint density at radius 2 is 2.11 bits per heavy atom. The van der Waals surface area contributed by atoms with Crippen molar-refractivity contribution in [2.75, 3.05) is 0 Å². The van der Waals surface area contributed by atoms with Gasteiger partial charge in [-0.2, -0.15) is 0 Å². The number of hydrogen-bond acceptors (Lipinski definition) is 4. The summed E-state index contributed by atoms with van der Waals surface area (Å²) < 4.78 is 0. The van der Waals surface area contributed by atoms with E-state index in [0.29, 0.717) is 0 Å². The Morgan fingerprint density at radius 1 is 1.44 bits per heavy atom. The summed E-state index contributed by atoms with van der Waals surface area (Å²) in [5.74, 6) is -2.49. The van der Waals surface area contributed by atoms with Crippen LogP contribution in [0.15, 0.2) is 0 Å². The summed E-state index contributed by atoms with van der Waals surface area (Å²) in [4.78, 5) is 44.3. The minimum absolute atomic E-state index is 0.0457. The molecular formula is C11H16N2O5. The second-order valence-corrected chi connectivity index (χ2v) is 4.48. The maximum Gasteiger partial charge on any atom is 0.303 e. The van der Waals surface area contributed by atoms with Gasteiger partial charge in [0.05, 0.1) is 0 Å². The molecule has 0 aliphatic carbocycles. The number of hydrogen-bond donors (Lipinski definition) is 3. The molecular weight excluding hydrogens is 240 g/mol. The first kappa shape index (κ1) is 14.1. The predicted octanol–water partition coefficient (Wildman–Crippen LogP) is -0.591. The highest BCUT2D eigenvalue weighted by molar-refractivity contribution is 6.01. The summed E-state index contributed by atoms with van der Waals surface area (Å²) in [7, 11) is 0. The van der Waals surface area contributed by atoms with Crippen molar-refractivity contribution in [1.29, 1.82) is 0 Å². The number of carbonyl (C=O) groups excluding carboxylic acids is 3. The molecule has 1 aliphatic heterocycles. The summed E-state index contributed by atoms with van der Waals surface area (Å²) in [5, 5.41) is 13.2. The Balaban J connectivity index is 2.38. The van der Waals surface area contributed by atoms with Gasteiger partial charge in [-0.25, -0.2) is 0 Å². The molecule has 100 valence electrons. The molecule has 0 aromatic rings. The molecule has 0 saturated carbocycles. The van der Waals surface area contributed by atoms with E-state index in [9.17, 15) is 19.2 Å². The smallest absolute Gasteiger partial charge is 0.303 e. The molecule has 0 aromatic carbocycles. The average Bonchev–Trinajstić information content (AvgIpc) is 2.20. The third-order valence-electron chi connectivity index (χ3n) is 2.63. The lowest BCUT2D eigenvalue weighted by molar-refractivity contribution is -0.139. The Morgan fingerprint density at radius 3 is 2.67 bits per heavy atom. The lowest BCUT2D eigenvalue weighted by Crippen LogP contribution is -2.52. The van der Waals surface area contributed by atoms with Crippen LogP contribution in [0.4, 0.5) is 0 Å². The highest BCUT2D eigenvalue weighted by Gasteiger charge is 2.28. The third-order valence-corrected chi connectivity index (χ3v) is 2.63. The Kier molecular flexibility index (Phi) is 4.82. The van der Waals surface area contributed by atoms with Gasteiger partial charge in [-0.3, -0.25) is 24.5 Å². The Bertz CT molecular complexity index is 380. The minimum atomic E-state index is -0.962. The van der Waals surface area contributed by atoms with E-state index in [4.69, 9.17) is 5.11 Å². The van der Waals surface area contributed by atoms with Gasteiger partial charge in [0, 0.05) is 19.3 Å². The van der Waals surface area contributed by atoms with Crippen LogP contribution in [0, 0.1) is 5.92 Å². The molecule has 1 aliphatic rings. The first-order chi connectivity index (χ1) is 8.38. The molecule has 0 radical (unpaired) electrons. The molecule has 7 nitrogen and oxygen atoms in total. The number of rotatable bonds is 5. The zero-order valence-corrected chi connectivity index (χ0v) is 10.1. The number of nitrogens with one attached hydrogen (secondary N) is 2. The summed E-state index contributed by atoms with van der Waals surface area (Å²) in [6.07, 6.45) is 0.428. The molecule has 0 spiro atoms. The summed E-state index contributed by atoms with van der Waals surface area (Å²) in [6.45, 7) is 1.65. The van der Waals surface area contributed by atoms with Crippen LogP contribution in [-0.4, -0.2) is 34.8 Å². The minimum Gasteiger partial charge on any atom is -0.481 e. The van der Waals surface area contributed by atoms with Gasteiger partial charge in [-0.15, -0.1) is 0 Å². The van der Waals surface area contributed by atoms with Crippen LogP contribution in [0.5, 0.6) is 0 Å². The van der Waals surface area contributed by atoms with E-state index in [0.717, 1.165) is 0 Å². The molecule has 1 saturated heterocycles. The predicted molar refractivity (Wildman–Crippen MR) is 60.3 cm³/mol. The van der Waals surface area contributed by atoms with E-state index < -0.39 is 17.9 Å². The molecule has 18 heavy (non-hydrogen) atoms. The van der Waals surface area contributed by atoms with Gasteiger partial charge in [-0.05, 0) is 12.3 Å². The highest BCUT2D eigenvalue weighted by Crippen LogP contribution is 2.09. The zero-order valence-electron chi connectivity index (χ0n) is 10.1. The SMILES string of the molecule is CC(CC(=O)O)CC(=O)NC1CCC(=O)NC1=O. The zero-order chi connectivity index (χ0) is 13.7. The number of aliphatic carboxylic acids is 1. The maximum absolute atomic E-state index is 11.6. The van der Waals surface area contributed by atoms with Gasteiger partial charge in [0.15, 0.2) is 0 Å². The van der Waals surface area contributed by atoms with Crippen LogP contribution in [0.25, 0.3) is 0 Å². The number of amides is 3. The van der Waals surface area contributed by atoms with E-state index in [2.05, 4.69) is 10.6 Å². The van der Waals surface area contributed by atoms with Crippen LogP contribution in [0.2, 0.25) is 0 Å². The van der Waals surface area contributed by atoms with Crippen LogP contribution in [0.1, 0.15) is 32.6 Å². The topological polar surface area (TPSA) is 113 Å². The molecule has 1 heterocycles. The van der Waals surface area contributed by atoms with E-state index >= 15 is 0 Å². The van der Waals surface area contributed by atoms with Crippen molar-refractivity contribution in [1.82, 2.24) is 10.6 Å². The largest absolute Gasteiger partial charge is 0.481 e. The lowest BCUT2D eigenvalue weighted by atomic mass is 10.0. The van der Waals surface area contributed by atoms with Gasteiger partial charge in [-0.1, -0.05) is 6.92 Å². The Labute approximate surface area is 104 Å². The number of carbonyl (C=O) groups is 4.